The van der Waals surface area contributed by atoms with E-state index in [1.54, 1.807) is 0 Å². The number of nitrogens with one attached hydrogen (secondary N) is 5. The molecule has 27 heteroatoms. The maximum Gasteiger partial charge on any atom is 0.490 e. The van der Waals surface area contributed by atoms with Crippen LogP contribution in [-0.4, -0.2) is 127 Å². The third-order valence-electron chi connectivity index (χ3n) is 8.86. The molecule has 0 aromatic heterocycles. The predicted octanol–water partition coefficient (Wildman–Crippen LogP) is 0.0484. The van der Waals surface area contributed by atoms with Crippen LogP contribution in [0.5, 0.6) is 0 Å². The van der Waals surface area contributed by atoms with Gasteiger partial charge in [-0.2, -0.15) is 20.4 Å². The van der Waals surface area contributed by atoms with Crippen molar-refractivity contribution in [3.05, 3.63) is 12.2 Å². The number of phosphoric ester groups is 1. The molecule has 0 saturated carbocycles. The number of rotatable bonds is 22. The Morgan fingerprint density at radius 3 is 2.38 bits per heavy atom. The number of amides is 7. The fourth-order valence-corrected chi connectivity index (χ4v) is 10.8. The summed E-state index contributed by atoms with van der Waals surface area (Å²) in [5, 5.41) is 24.4. The highest BCUT2D eigenvalue weighted by atomic mass is 32.2. The van der Waals surface area contributed by atoms with Gasteiger partial charge in [0.25, 0.3) is 0 Å². The highest BCUT2D eigenvalue weighted by Gasteiger charge is 2.46. The second-order valence-electron chi connectivity index (χ2n) is 13.1. The van der Waals surface area contributed by atoms with Crippen LogP contribution in [0.1, 0.15) is 57.8 Å². The molecular weight excluding hydrogens is 817 g/mol. The zero-order valence-corrected chi connectivity index (χ0v) is 32.9. The van der Waals surface area contributed by atoms with Crippen LogP contribution in [0, 0.1) is 5.92 Å². The molecule has 0 aromatic carbocycles. The van der Waals surface area contributed by atoms with E-state index in [0.29, 0.717) is 24.6 Å². The standard InChI is InChI=1S/C28H47N6O17P3S/c35-19-13-24(49-20(19)15-48-53(44,45)51-54(46,47)50-52(41,42)43)34-14-17(26(38)33-28(34)40)7-6-12-30-22(36)9-2-1-5-11-29-23(37)10-4-3-8-21-25-18(16-55-21)31-27(39)32-25/h6-7,17-21,24-25,35H,1-5,8-16H2,(H,29,37)(H,30,36)(H,44,45)(H,46,47)(H2,31,32,39)(H,33,38,40)(H2,41,42,43)/b7-6+/t17?,18-,19-,20+,21-,24+,25-/m0/s1. The molecule has 312 valence electrons. The summed E-state index contributed by atoms with van der Waals surface area (Å²) in [4.78, 5) is 98.1. The molecule has 4 saturated heterocycles. The number of imide groups is 1. The van der Waals surface area contributed by atoms with Crippen molar-refractivity contribution in [3.8, 4) is 0 Å². The van der Waals surface area contributed by atoms with Crippen molar-refractivity contribution in [1.29, 1.82) is 0 Å². The van der Waals surface area contributed by atoms with Crippen molar-refractivity contribution >= 4 is 65.0 Å². The molecule has 10 N–H and O–H groups in total. The number of fused-ring (bicyclic) bond motifs is 1. The Morgan fingerprint density at radius 2 is 1.65 bits per heavy atom. The highest BCUT2D eigenvalue weighted by Crippen LogP contribution is 2.66. The topological polar surface area (TPSA) is 338 Å². The van der Waals surface area contributed by atoms with Crippen LogP contribution in [0.4, 0.5) is 9.59 Å². The van der Waals surface area contributed by atoms with Crippen LogP contribution >= 0.6 is 35.2 Å². The molecular formula is C28H47N6O17P3S. The molecule has 23 nitrogen and oxygen atoms in total. The lowest BCUT2D eigenvalue weighted by molar-refractivity contribution is -0.127. The van der Waals surface area contributed by atoms with Gasteiger partial charge in [-0.05, 0) is 25.7 Å². The van der Waals surface area contributed by atoms with E-state index in [9.17, 15) is 52.6 Å². The zero-order chi connectivity index (χ0) is 40.4. The monoisotopic (exact) mass is 864 g/mol. The molecule has 4 aliphatic heterocycles. The second kappa shape index (κ2) is 20.3. The van der Waals surface area contributed by atoms with Crippen LogP contribution in [0.15, 0.2) is 12.2 Å². The second-order valence-corrected chi connectivity index (χ2v) is 18.8. The minimum atomic E-state index is -5.75. The van der Waals surface area contributed by atoms with Crippen molar-refractivity contribution in [2.24, 2.45) is 5.92 Å². The maximum absolute atomic E-state index is 12.5. The number of aliphatic hydroxyl groups excluding tert-OH is 1. The Hall–Kier alpha value is -2.43. The Labute approximate surface area is 319 Å². The van der Waals surface area contributed by atoms with E-state index in [1.165, 1.54) is 12.2 Å². The van der Waals surface area contributed by atoms with E-state index in [1.807, 2.05) is 11.8 Å². The number of carbonyl (C=O) groups is 5. The zero-order valence-electron chi connectivity index (χ0n) is 29.4. The fourth-order valence-electron chi connectivity index (χ4n) is 6.24. The van der Waals surface area contributed by atoms with E-state index in [-0.39, 0.29) is 55.9 Å². The van der Waals surface area contributed by atoms with Crippen molar-refractivity contribution in [1.82, 2.24) is 31.5 Å². The molecule has 0 aliphatic carbocycles. The van der Waals surface area contributed by atoms with Gasteiger partial charge in [0.15, 0.2) is 0 Å². The lowest BCUT2D eigenvalue weighted by Gasteiger charge is -2.34. The summed E-state index contributed by atoms with van der Waals surface area (Å²) in [7, 11) is -16.8. The van der Waals surface area contributed by atoms with Gasteiger partial charge in [-0.3, -0.25) is 29.1 Å². The number of urea groups is 2. The Morgan fingerprint density at radius 1 is 0.945 bits per heavy atom. The molecule has 7 amide bonds. The number of unbranched alkanes of at least 4 members (excludes halogenated alkanes) is 3. The van der Waals surface area contributed by atoms with Crippen LogP contribution in [0.3, 0.4) is 0 Å². The van der Waals surface area contributed by atoms with Gasteiger partial charge >= 0.3 is 35.5 Å². The molecule has 4 heterocycles. The molecule has 0 radical (unpaired) electrons. The normalized spacial score (nSPS) is 28.9. The van der Waals surface area contributed by atoms with Crippen molar-refractivity contribution in [2.75, 3.05) is 32.0 Å². The maximum atomic E-state index is 12.5. The van der Waals surface area contributed by atoms with Crippen molar-refractivity contribution in [2.45, 2.75) is 93.6 Å². The van der Waals surface area contributed by atoms with Crippen LogP contribution < -0.4 is 26.6 Å². The van der Waals surface area contributed by atoms with E-state index in [0.717, 1.165) is 42.8 Å². The van der Waals surface area contributed by atoms with Crippen LogP contribution in [-0.2, 0) is 46.0 Å². The van der Waals surface area contributed by atoms with Gasteiger partial charge in [0.2, 0.25) is 17.7 Å². The van der Waals surface area contributed by atoms with E-state index in [2.05, 4.69) is 39.7 Å². The Balaban J connectivity index is 1.06. The summed E-state index contributed by atoms with van der Waals surface area (Å²) in [6.07, 6.45) is 4.25. The summed E-state index contributed by atoms with van der Waals surface area (Å²) in [5.41, 5.74) is 0. The van der Waals surface area contributed by atoms with Gasteiger partial charge in [0, 0.05) is 49.9 Å². The lowest BCUT2D eigenvalue weighted by atomic mass is 10.0. The summed E-state index contributed by atoms with van der Waals surface area (Å²) < 4.78 is 51.6. The van der Waals surface area contributed by atoms with Crippen molar-refractivity contribution < 1.29 is 80.2 Å². The summed E-state index contributed by atoms with van der Waals surface area (Å²) in [6, 6.07) is -0.606. The molecule has 4 fully saturated rings. The quantitative estimate of drug-likeness (QED) is 0.0297. The minimum Gasteiger partial charge on any atom is -0.390 e. The van der Waals surface area contributed by atoms with Crippen LogP contribution in [0.2, 0.25) is 0 Å². The third kappa shape index (κ3) is 15.1. The first-order valence-electron chi connectivity index (χ1n) is 17.4. The number of hydrogen-bond acceptors (Lipinski definition) is 14. The summed E-state index contributed by atoms with van der Waals surface area (Å²) in [6.45, 7) is -0.510. The highest BCUT2D eigenvalue weighted by molar-refractivity contribution is 8.00. The molecule has 0 spiro atoms. The molecule has 4 rings (SSSR count). The number of nitrogens with zero attached hydrogens (tertiary/aromatic N) is 1. The first-order valence-corrected chi connectivity index (χ1v) is 23.0. The SMILES string of the molecule is O=C(CCCCCNC(=O)CCCC[C@@H]1SC[C@@H]2NC(=O)N[C@@H]21)NC/C=C/C1CN([C@H]2C[C@H](O)[C@@H](COP(=O)(O)OP(=O)(O)OP(=O)(O)O)O2)C(=O)NC1=O. The molecule has 9 atom stereocenters. The fraction of sp³-hybridized carbons (Fsp3) is 0.750. The predicted molar refractivity (Wildman–Crippen MR) is 190 cm³/mol. The lowest BCUT2D eigenvalue weighted by Crippen LogP contribution is -2.57. The average Bonchev–Trinajstić information content (AvgIpc) is 3.74. The molecule has 55 heavy (non-hydrogen) atoms. The number of phosphoric acid groups is 3. The summed E-state index contributed by atoms with van der Waals surface area (Å²) in [5.74, 6) is -0.816. The number of aliphatic hydroxyl groups is 1. The molecule has 0 aromatic rings. The largest absolute Gasteiger partial charge is 0.490 e. The Bertz CT molecular complexity index is 1590. The average molecular weight is 865 g/mol. The number of ether oxygens (including phenoxy) is 1. The van der Waals surface area contributed by atoms with E-state index >= 15 is 0 Å². The molecule has 3 unspecified atom stereocenters. The minimum absolute atomic E-state index is 0.0123. The number of thioether (sulfide) groups is 1. The van der Waals surface area contributed by atoms with Gasteiger partial charge in [0.1, 0.15) is 12.3 Å². The first kappa shape index (κ1) is 45.3. The number of hydrogen-bond donors (Lipinski definition) is 10. The van der Waals surface area contributed by atoms with E-state index < -0.39 is 66.4 Å². The van der Waals surface area contributed by atoms with Gasteiger partial charge in [-0.1, -0.05) is 25.0 Å². The van der Waals surface area contributed by atoms with Crippen LogP contribution in [0.25, 0.3) is 0 Å². The van der Waals surface area contributed by atoms with Gasteiger partial charge in [-0.15, -0.1) is 0 Å². The smallest absolute Gasteiger partial charge is 0.390 e. The third-order valence-corrected chi connectivity index (χ3v) is 14.2. The first-order chi connectivity index (χ1) is 25.8. The number of carbonyl (C=O) groups excluding carboxylic acids is 5. The van der Waals surface area contributed by atoms with Gasteiger partial charge < -0.3 is 50.7 Å². The molecule has 4 aliphatic rings. The van der Waals surface area contributed by atoms with Gasteiger partial charge in [-0.25, -0.2) is 23.3 Å². The van der Waals surface area contributed by atoms with Crippen molar-refractivity contribution in [3.63, 3.8) is 0 Å². The van der Waals surface area contributed by atoms with Gasteiger partial charge in [0.05, 0.1) is 30.7 Å². The Kier molecular flexibility index (Phi) is 16.7. The van der Waals surface area contributed by atoms with E-state index in [4.69, 9.17) is 14.5 Å². The summed E-state index contributed by atoms with van der Waals surface area (Å²) >= 11 is 1.85. The molecule has 0 bridgehead atoms.